The van der Waals surface area contributed by atoms with E-state index in [1.165, 1.54) is 24.5 Å². The van der Waals surface area contributed by atoms with Gasteiger partial charge in [-0.05, 0) is 49.4 Å². The predicted molar refractivity (Wildman–Crippen MR) is 106 cm³/mol. The molecular weight excluding hydrogens is 386 g/mol. The van der Waals surface area contributed by atoms with Gasteiger partial charge in [0.25, 0.3) is 11.8 Å². The molecule has 0 N–H and O–H groups in total. The number of carbonyl (C=O) groups is 3. The first-order valence-electron chi connectivity index (χ1n) is 9.31. The maximum Gasteiger partial charge on any atom is 0.338 e. The van der Waals surface area contributed by atoms with Crippen LogP contribution >= 0.6 is 0 Å². The minimum Gasteiger partial charge on any atom is -0.496 e. The van der Waals surface area contributed by atoms with E-state index in [-0.39, 0.29) is 29.8 Å². The number of furan rings is 1. The van der Waals surface area contributed by atoms with Crippen molar-refractivity contribution in [1.82, 2.24) is 4.90 Å². The number of esters is 1. The highest BCUT2D eigenvalue weighted by Crippen LogP contribution is 2.26. The number of methoxy groups -OCH3 is 1. The van der Waals surface area contributed by atoms with Crippen LogP contribution in [0.1, 0.15) is 48.0 Å². The largest absolute Gasteiger partial charge is 0.496 e. The van der Waals surface area contributed by atoms with E-state index in [2.05, 4.69) is 0 Å². The summed E-state index contributed by atoms with van der Waals surface area (Å²) in [6.07, 6.45) is 1.48. The zero-order valence-corrected chi connectivity index (χ0v) is 16.5. The van der Waals surface area contributed by atoms with Crippen LogP contribution in [0.15, 0.2) is 59.2 Å². The molecule has 0 saturated heterocycles. The summed E-state index contributed by atoms with van der Waals surface area (Å²) in [7, 11) is 1.55. The van der Waals surface area contributed by atoms with Gasteiger partial charge in [0.05, 0.1) is 36.6 Å². The Hall–Kier alpha value is -3.87. The molecule has 2 heterocycles. The van der Waals surface area contributed by atoms with Gasteiger partial charge in [-0.1, -0.05) is 11.6 Å². The number of ether oxygens (including phenoxy) is 2. The second-order valence-corrected chi connectivity index (χ2v) is 6.93. The third-order valence-corrected chi connectivity index (χ3v) is 4.90. The van der Waals surface area contributed by atoms with Gasteiger partial charge in [-0.15, -0.1) is 0 Å². The van der Waals surface area contributed by atoms with E-state index in [0.717, 1.165) is 16.0 Å². The Morgan fingerprint density at radius 3 is 2.57 bits per heavy atom. The Balaban J connectivity index is 1.51. The Morgan fingerprint density at radius 1 is 1.03 bits per heavy atom. The molecule has 2 amide bonds. The van der Waals surface area contributed by atoms with E-state index in [9.17, 15) is 14.4 Å². The zero-order valence-electron chi connectivity index (χ0n) is 16.5. The van der Waals surface area contributed by atoms with Gasteiger partial charge in [0.2, 0.25) is 0 Å². The van der Waals surface area contributed by atoms with E-state index < -0.39 is 17.8 Å². The molecule has 30 heavy (non-hydrogen) atoms. The summed E-state index contributed by atoms with van der Waals surface area (Å²) >= 11 is 0. The number of hydrogen-bond acceptors (Lipinski definition) is 6. The lowest BCUT2D eigenvalue weighted by Gasteiger charge is -2.11. The fourth-order valence-corrected chi connectivity index (χ4v) is 3.37. The van der Waals surface area contributed by atoms with Crippen molar-refractivity contribution in [2.45, 2.75) is 20.1 Å². The smallest absolute Gasteiger partial charge is 0.338 e. The average Bonchev–Trinajstić information content (AvgIpc) is 3.35. The van der Waals surface area contributed by atoms with Crippen LogP contribution in [0.4, 0.5) is 0 Å². The van der Waals surface area contributed by atoms with Gasteiger partial charge in [-0.3, -0.25) is 14.5 Å². The number of imide groups is 1. The number of carbonyl (C=O) groups excluding carboxylic acids is 3. The number of rotatable bonds is 6. The van der Waals surface area contributed by atoms with Crippen LogP contribution in [0, 0.1) is 6.92 Å². The lowest BCUT2D eigenvalue weighted by atomic mass is 10.1. The van der Waals surface area contributed by atoms with Crippen molar-refractivity contribution >= 4 is 17.8 Å². The van der Waals surface area contributed by atoms with Crippen molar-refractivity contribution in [1.29, 1.82) is 0 Å². The molecular formula is C23H19NO6. The normalized spacial score (nSPS) is 12.8. The minimum absolute atomic E-state index is 0.0261. The van der Waals surface area contributed by atoms with Gasteiger partial charge in [-0.25, -0.2) is 4.79 Å². The lowest BCUT2D eigenvalue weighted by molar-refractivity contribution is 0.0469. The molecule has 0 saturated carbocycles. The van der Waals surface area contributed by atoms with E-state index in [1.807, 2.05) is 25.1 Å². The molecule has 0 radical (unpaired) electrons. The maximum absolute atomic E-state index is 12.7. The first-order chi connectivity index (χ1) is 14.5. The third-order valence-electron chi connectivity index (χ3n) is 4.90. The average molecular weight is 405 g/mol. The Kier molecular flexibility index (Phi) is 5.10. The SMILES string of the molecule is COc1ccc(C)cc1COC(=O)c1ccc2c(c1)C(=O)N(Cc1ccco1)C2=O. The van der Waals surface area contributed by atoms with Crippen molar-refractivity contribution < 1.29 is 28.3 Å². The summed E-state index contributed by atoms with van der Waals surface area (Å²) in [5.74, 6) is -0.365. The molecule has 1 aliphatic rings. The summed E-state index contributed by atoms with van der Waals surface area (Å²) in [5.41, 5.74) is 2.38. The van der Waals surface area contributed by atoms with Crippen LogP contribution < -0.4 is 4.74 Å². The highest BCUT2D eigenvalue weighted by molar-refractivity contribution is 6.21. The number of benzene rings is 2. The van der Waals surface area contributed by atoms with Gasteiger partial charge in [0.1, 0.15) is 18.1 Å². The van der Waals surface area contributed by atoms with Gasteiger partial charge < -0.3 is 13.9 Å². The van der Waals surface area contributed by atoms with Crippen LogP contribution in [-0.2, 0) is 17.9 Å². The van der Waals surface area contributed by atoms with E-state index in [1.54, 1.807) is 19.2 Å². The van der Waals surface area contributed by atoms with Crippen molar-refractivity contribution in [2.75, 3.05) is 7.11 Å². The van der Waals surface area contributed by atoms with Gasteiger partial charge in [0.15, 0.2) is 0 Å². The molecule has 1 aromatic heterocycles. The highest BCUT2D eigenvalue weighted by atomic mass is 16.5. The molecule has 152 valence electrons. The fraction of sp³-hybridized carbons (Fsp3) is 0.174. The predicted octanol–water partition coefficient (Wildman–Crippen LogP) is 3.75. The molecule has 0 spiro atoms. The molecule has 0 fully saturated rings. The molecule has 7 heteroatoms. The number of aryl methyl sites for hydroxylation is 1. The first kappa shape index (κ1) is 19.4. The zero-order chi connectivity index (χ0) is 21.3. The third kappa shape index (κ3) is 3.57. The maximum atomic E-state index is 12.7. The second-order valence-electron chi connectivity index (χ2n) is 6.93. The molecule has 2 aromatic carbocycles. The number of fused-ring (bicyclic) bond motifs is 1. The first-order valence-corrected chi connectivity index (χ1v) is 9.31. The van der Waals surface area contributed by atoms with E-state index in [4.69, 9.17) is 13.9 Å². The van der Waals surface area contributed by atoms with Gasteiger partial charge in [0, 0.05) is 5.56 Å². The van der Waals surface area contributed by atoms with Crippen LogP contribution in [0.25, 0.3) is 0 Å². The van der Waals surface area contributed by atoms with Gasteiger partial charge in [-0.2, -0.15) is 0 Å². The molecule has 4 rings (SSSR count). The Bertz CT molecular complexity index is 1130. The monoisotopic (exact) mass is 405 g/mol. The molecule has 1 aliphatic heterocycles. The molecule has 0 bridgehead atoms. The van der Waals surface area contributed by atoms with E-state index in [0.29, 0.717) is 11.5 Å². The van der Waals surface area contributed by atoms with Crippen LogP contribution in [0.3, 0.4) is 0 Å². The number of nitrogens with zero attached hydrogens (tertiary/aromatic N) is 1. The topological polar surface area (TPSA) is 86.1 Å². The molecule has 0 atom stereocenters. The van der Waals surface area contributed by atoms with Crippen molar-refractivity contribution in [2.24, 2.45) is 0 Å². The molecule has 0 aliphatic carbocycles. The summed E-state index contributed by atoms with van der Waals surface area (Å²) in [5, 5.41) is 0. The Labute approximate surface area is 172 Å². The van der Waals surface area contributed by atoms with Crippen LogP contribution in [0.2, 0.25) is 0 Å². The number of amides is 2. The Morgan fingerprint density at radius 2 is 1.83 bits per heavy atom. The minimum atomic E-state index is -0.592. The lowest BCUT2D eigenvalue weighted by Crippen LogP contribution is -2.28. The van der Waals surface area contributed by atoms with Crippen molar-refractivity contribution in [3.63, 3.8) is 0 Å². The highest BCUT2D eigenvalue weighted by Gasteiger charge is 2.36. The summed E-state index contributed by atoms with van der Waals surface area (Å²) in [4.78, 5) is 38.9. The van der Waals surface area contributed by atoms with Crippen LogP contribution in [0.5, 0.6) is 5.75 Å². The summed E-state index contributed by atoms with van der Waals surface area (Å²) < 4.78 is 15.9. The molecule has 3 aromatic rings. The second kappa shape index (κ2) is 7.87. The van der Waals surface area contributed by atoms with E-state index >= 15 is 0 Å². The molecule has 0 unspecified atom stereocenters. The quantitative estimate of drug-likeness (QED) is 0.459. The standard InChI is InChI=1S/C23H19NO6/c1-14-5-8-20(28-2)16(10-14)13-30-23(27)15-6-7-18-19(11-15)22(26)24(21(18)25)12-17-4-3-9-29-17/h3-11H,12-13H2,1-2H3. The summed E-state index contributed by atoms with van der Waals surface area (Å²) in [6, 6.07) is 13.3. The number of hydrogen-bond donors (Lipinski definition) is 0. The fourth-order valence-electron chi connectivity index (χ4n) is 3.37. The van der Waals surface area contributed by atoms with Gasteiger partial charge >= 0.3 is 5.97 Å². The summed E-state index contributed by atoms with van der Waals surface area (Å²) in [6.45, 7) is 1.99. The van der Waals surface area contributed by atoms with Crippen molar-refractivity contribution in [3.8, 4) is 5.75 Å². The molecule has 7 nitrogen and oxygen atoms in total. The van der Waals surface area contributed by atoms with Crippen molar-refractivity contribution in [3.05, 3.63) is 88.4 Å². The van der Waals surface area contributed by atoms with Crippen LogP contribution in [-0.4, -0.2) is 29.8 Å².